The molecule has 0 aliphatic heterocycles. The molecule has 1 N–H and O–H groups in total. The zero-order chi connectivity index (χ0) is 15.8. The average Bonchev–Trinajstić information content (AvgIpc) is 3.14. The first-order valence-electron chi connectivity index (χ1n) is 7.01. The largest absolute Gasteiger partial charge is 0.497 e. The molecule has 0 atom stereocenters. The number of aromatic amines is 1. The minimum Gasteiger partial charge on any atom is -0.497 e. The second-order valence-corrected chi connectivity index (χ2v) is 6.46. The molecule has 116 valence electrons. The van der Waals surface area contributed by atoms with Gasteiger partial charge < -0.3 is 14.1 Å². The standard InChI is InChI=1S/C16H13ClN4OS/c1-22-12-3-4-13-14(6-12)20-16(19-13)23-9-11-8-21-7-10(17)2-5-15(21)18-11/h2-8H,9H2,1H3,(H,19,20). The third-order valence-corrected chi connectivity index (χ3v) is 4.62. The Morgan fingerprint density at radius 1 is 1.22 bits per heavy atom. The van der Waals surface area contributed by atoms with E-state index < -0.39 is 0 Å². The second kappa shape index (κ2) is 5.79. The van der Waals surface area contributed by atoms with Gasteiger partial charge in [0.1, 0.15) is 11.4 Å². The predicted octanol–water partition coefficient (Wildman–Crippen LogP) is 4.16. The first-order valence-corrected chi connectivity index (χ1v) is 8.37. The molecule has 0 bridgehead atoms. The van der Waals surface area contributed by atoms with Crippen LogP contribution < -0.4 is 4.74 Å². The van der Waals surface area contributed by atoms with Gasteiger partial charge >= 0.3 is 0 Å². The summed E-state index contributed by atoms with van der Waals surface area (Å²) >= 11 is 7.61. The van der Waals surface area contributed by atoms with E-state index in [0.717, 1.165) is 39.0 Å². The van der Waals surface area contributed by atoms with Gasteiger partial charge in [0.2, 0.25) is 0 Å². The maximum absolute atomic E-state index is 5.99. The van der Waals surface area contributed by atoms with Crippen molar-refractivity contribution in [3.63, 3.8) is 0 Å². The molecule has 0 aliphatic carbocycles. The molecule has 3 aromatic heterocycles. The molecule has 4 aromatic rings. The summed E-state index contributed by atoms with van der Waals surface area (Å²) in [5.41, 5.74) is 3.76. The van der Waals surface area contributed by atoms with Crippen molar-refractivity contribution in [3.8, 4) is 5.75 Å². The number of nitrogens with zero attached hydrogens (tertiary/aromatic N) is 3. The first kappa shape index (κ1) is 14.4. The second-order valence-electron chi connectivity index (χ2n) is 5.06. The van der Waals surface area contributed by atoms with Crippen LogP contribution in [0.3, 0.4) is 0 Å². The molecule has 0 fully saturated rings. The Labute approximate surface area is 141 Å². The Balaban J connectivity index is 1.55. The van der Waals surface area contributed by atoms with Crippen molar-refractivity contribution in [1.29, 1.82) is 0 Å². The van der Waals surface area contributed by atoms with E-state index in [1.807, 2.05) is 47.1 Å². The van der Waals surface area contributed by atoms with Crippen LogP contribution in [0.1, 0.15) is 5.69 Å². The summed E-state index contributed by atoms with van der Waals surface area (Å²) < 4.78 is 7.16. The van der Waals surface area contributed by atoms with Gasteiger partial charge in [0.15, 0.2) is 5.16 Å². The van der Waals surface area contributed by atoms with E-state index in [1.165, 1.54) is 0 Å². The van der Waals surface area contributed by atoms with Crippen LogP contribution >= 0.6 is 23.4 Å². The number of thioether (sulfide) groups is 1. The molecule has 7 heteroatoms. The molecule has 0 saturated carbocycles. The Hall–Kier alpha value is -2.18. The summed E-state index contributed by atoms with van der Waals surface area (Å²) in [5, 5.41) is 1.56. The fourth-order valence-corrected chi connectivity index (χ4v) is 3.33. The van der Waals surface area contributed by atoms with Gasteiger partial charge in [-0.1, -0.05) is 23.4 Å². The van der Waals surface area contributed by atoms with Gasteiger partial charge in [-0.25, -0.2) is 9.97 Å². The number of benzene rings is 1. The summed E-state index contributed by atoms with van der Waals surface area (Å²) in [7, 11) is 1.66. The van der Waals surface area contributed by atoms with Crippen molar-refractivity contribution in [2.75, 3.05) is 7.11 Å². The van der Waals surface area contributed by atoms with E-state index in [0.29, 0.717) is 5.02 Å². The topological polar surface area (TPSA) is 55.2 Å². The minimum absolute atomic E-state index is 0.695. The number of rotatable bonds is 4. The minimum atomic E-state index is 0.695. The number of methoxy groups -OCH3 is 1. The van der Waals surface area contributed by atoms with E-state index in [9.17, 15) is 0 Å². The Kier molecular flexibility index (Phi) is 3.63. The van der Waals surface area contributed by atoms with Crippen LogP contribution in [-0.2, 0) is 5.75 Å². The highest BCUT2D eigenvalue weighted by Gasteiger charge is 2.07. The molecule has 1 aromatic carbocycles. The van der Waals surface area contributed by atoms with Crippen LogP contribution in [0.2, 0.25) is 5.02 Å². The summed E-state index contributed by atoms with van der Waals surface area (Å²) in [6, 6.07) is 9.54. The van der Waals surface area contributed by atoms with Crippen LogP contribution in [0, 0.1) is 0 Å². The summed E-state index contributed by atoms with van der Waals surface area (Å²) in [6.45, 7) is 0. The number of fused-ring (bicyclic) bond motifs is 2. The normalized spacial score (nSPS) is 11.4. The summed E-state index contributed by atoms with van der Waals surface area (Å²) in [4.78, 5) is 12.4. The van der Waals surface area contributed by atoms with Crippen molar-refractivity contribution in [3.05, 3.63) is 53.4 Å². The Bertz CT molecular complexity index is 994. The molecule has 5 nitrogen and oxygen atoms in total. The van der Waals surface area contributed by atoms with Crippen molar-refractivity contribution in [1.82, 2.24) is 19.4 Å². The van der Waals surface area contributed by atoms with Crippen LogP contribution in [0.5, 0.6) is 5.75 Å². The lowest BCUT2D eigenvalue weighted by molar-refractivity contribution is 0.415. The average molecular weight is 345 g/mol. The maximum atomic E-state index is 5.99. The molecule has 3 heterocycles. The number of ether oxygens (including phenoxy) is 1. The van der Waals surface area contributed by atoms with Crippen LogP contribution in [0.25, 0.3) is 16.7 Å². The summed E-state index contributed by atoms with van der Waals surface area (Å²) in [6.07, 6.45) is 3.84. The van der Waals surface area contributed by atoms with E-state index >= 15 is 0 Å². The van der Waals surface area contributed by atoms with E-state index in [2.05, 4.69) is 15.0 Å². The maximum Gasteiger partial charge on any atom is 0.166 e. The van der Waals surface area contributed by atoms with Crippen LogP contribution in [0.4, 0.5) is 0 Å². The highest BCUT2D eigenvalue weighted by Crippen LogP contribution is 2.25. The van der Waals surface area contributed by atoms with Gasteiger partial charge in [-0.3, -0.25) is 0 Å². The van der Waals surface area contributed by atoms with Crippen molar-refractivity contribution >= 4 is 40.0 Å². The molecule has 4 rings (SSSR count). The highest BCUT2D eigenvalue weighted by atomic mass is 35.5. The van der Waals surface area contributed by atoms with Crippen molar-refractivity contribution < 1.29 is 4.74 Å². The van der Waals surface area contributed by atoms with Crippen LogP contribution in [-0.4, -0.2) is 26.5 Å². The molecule has 0 amide bonds. The molecular formula is C16H13ClN4OS. The monoisotopic (exact) mass is 344 g/mol. The van der Waals surface area contributed by atoms with Crippen molar-refractivity contribution in [2.24, 2.45) is 0 Å². The SMILES string of the molecule is COc1ccc2nc(SCc3cn4cc(Cl)ccc4n3)[nH]c2c1. The molecule has 0 unspecified atom stereocenters. The number of hydrogen-bond acceptors (Lipinski definition) is 4. The number of imidazole rings is 2. The molecular weight excluding hydrogens is 332 g/mol. The lowest BCUT2D eigenvalue weighted by Crippen LogP contribution is -1.81. The molecule has 0 aliphatic rings. The lowest BCUT2D eigenvalue weighted by atomic mass is 10.3. The third-order valence-electron chi connectivity index (χ3n) is 3.49. The zero-order valence-electron chi connectivity index (χ0n) is 12.3. The van der Waals surface area contributed by atoms with Gasteiger partial charge in [0.05, 0.1) is 28.9 Å². The van der Waals surface area contributed by atoms with E-state index in [1.54, 1.807) is 18.9 Å². The fraction of sp³-hybridized carbons (Fsp3) is 0.125. The van der Waals surface area contributed by atoms with Gasteiger partial charge in [-0.2, -0.15) is 0 Å². The van der Waals surface area contributed by atoms with E-state index in [-0.39, 0.29) is 0 Å². The fourth-order valence-electron chi connectivity index (χ4n) is 2.39. The number of pyridine rings is 1. The number of halogens is 1. The molecule has 0 spiro atoms. The Morgan fingerprint density at radius 3 is 3.00 bits per heavy atom. The van der Waals surface area contributed by atoms with E-state index in [4.69, 9.17) is 16.3 Å². The number of nitrogens with one attached hydrogen (secondary N) is 1. The smallest absolute Gasteiger partial charge is 0.166 e. The Morgan fingerprint density at radius 2 is 2.13 bits per heavy atom. The van der Waals surface area contributed by atoms with Gasteiger partial charge in [-0.15, -0.1) is 0 Å². The number of hydrogen-bond donors (Lipinski definition) is 1. The van der Waals surface area contributed by atoms with Crippen LogP contribution in [0.15, 0.2) is 47.9 Å². The number of H-pyrrole nitrogens is 1. The van der Waals surface area contributed by atoms with Gasteiger partial charge in [-0.05, 0) is 24.3 Å². The van der Waals surface area contributed by atoms with Gasteiger partial charge in [0, 0.05) is 24.2 Å². The highest BCUT2D eigenvalue weighted by molar-refractivity contribution is 7.98. The molecule has 0 radical (unpaired) electrons. The van der Waals surface area contributed by atoms with Crippen molar-refractivity contribution in [2.45, 2.75) is 10.9 Å². The third kappa shape index (κ3) is 2.87. The molecule has 0 saturated heterocycles. The summed E-state index contributed by atoms with van der Waals surface area (Å²) in [5.74, 6) is 1.55. The predicted molar refractivity (Wildman–Crippen MR) is 92.4 cm³/mol. The molecule has 23 heavy (non-hydrogen) atoms. The zero-order valence-corrected chi connectivity index (χ0v) is 13.9. The quantitative estimate of drug-likeness (QED) is 0.565. The lowest BCUT2D eigenvalue weighted by Gasteiger charge is -1.96. The number of aromatic nitrogens is 4. The van der Waals surface area contributed by atoms with Gasteiger partial charge in [0.25, 0.3) is 0 Å². The first-order chi connectivity index (χ1) is 11.2.